The van der Waals surface area contributed by atoms with Crippen LogP contribution in [0.1, 0.15) is 45.3 Å². The Morgan fingerprint density at radius 2 is 2.00 bits per heavy atom. The van der Waals surface area contributed by atoms with E-state index in [1.54, 1.807) is 6.92 Å². The summed E-state index contributed by atoms with van der Waals surface area (Å²) in [6.07, 6.45) is 4.16. The number of allylic oxidation sites excluding steroid dienone is 1. The van der Waals surface area contributed by atoms with Crippen molar-refractivity contribution in [3.63, 3.8) is 0 Å². The largest absolute Gasteiger partial charge is 0.467 e. The summed E-state index contributed by atoms with van der Waals surface area (Å²) in [5.41, 5.74) is 2.13. The summed E-state index contributed by atoms with van der Waals surface area (Å²) < 4.78 is 4.88. The van der Waals surface area contributed by atoms with Gasteiger partial charge in [0.15, 0.2) is 0 Å². The molecule has 1 heterocycles. The van der Waals surface area contributed by atoms with Crippen LogP contribution in [0.2, 0.25) is 0 Å². The zero-order chi connectivity index (χ0) is 21.4. The zero-order valence-corrected chi connectivity index (χ0v) is 17.8. The van der Waals surface area contributed by atoms with Crippen LogP contribution in [0.3, 0.4) is 0 Å². The number of carbonyl (C=O) groups is 3. The van der Waals surface area contributed by atoms with Crippen molar-refractivity contribution in [3.8, 4) is 0 Å². The van der Waals surface area contributed by atoms with Crippen molar-refractivity contribution in [2.24, 2.45) is 0 Å². The van der Waals surface area contributed by atoms with E-state index < -0.39 is 17.9 Å². The molecular weight excluding hydrogens is 390 g/mol. The van der Waals surface area contributed by atoms with Gasteiger partial charge in [0.1, 0.15) is 16.7 Å². The fraction of sp³-hybridized carbons (Fsp3) is 0.333. The average molecular weight is 416 g/mol. The molecule has 2 rings (SSSR count). The van der Waals surface area contributed by atoms with Crippen LogP contribution in [-0.4, -0.2) is 35.9 Å². The van der Waals surface area contributed by atoms with Gasteiger partial charge in [0.25, 0.3) is 5.91 Å². The Morgan fingerprint density at radius 1 is 1.28 bits per heavy atom. The molecule has 1 aromatic carbocycles. The molecule has 1 atom stereocenters. The highest BCUT2D eigenvalue weighted by Crippen LogP contribution is 2.18. The summed E-state index contributed by atoms with van der Waals surface area (Å²) in [5, 5.41) is 6.02. The van der Waals surface area contributed by atoms with Gasteiger partial charge in [0, 0.05) is 18.2 Å². The number of esters is 1. The normalized spacial score (nSPS) is 11.9. The van der Waals surface area contributed by atoms with Gasteiger partial charge in [0.05, 0.1) is 13.7 Å². The molecule has 8 heteroatoms. The number of nitrogens with one attached hydrogen (secondary N) is 2. The Bertz CT molecular complexity index is 920. The Labute approximate surface area is 174 Å². The highest BCUT2D eigenvalue weighted by Gasteiger charge is 2.25. The van der Waals surface area contributed by atoms with Gasteiger partial charge >= 0.3 is 5.97 Å². The summed E-state index contributed by atoms with van der Waals surface area (Å²) in [4.78, 5) is 41.2. The van der Waals surface area contributed by atoms with Crippen LogP contribution in [0.5, 0.6) is 0 Å². The summed E-state index contributed by atoms with van der Waals surface area (Å²) in [7, 11) is 1.29. The van der Waals surface area contributed by atoms with E-state index in [0.717, 1.165) is 11.1 Å². The first-order chi connectivity index (χ1) is 13.8. The van der Waals surface area contributed by atoms with Gasteiger partial charge in [-0.15, -0.1) is 11.3 Å². The second-order valence-electron chi connectivity index (χ2n) is 6.37. The van der Waals surface area contributed by atoms with E-state index in [9.17, 15) is 14.4 Å². The Morgan fingerprint density at radius 3 is 2.66 bits per heavy atom. The molecule has 154 valence electrons. The molecule has 0 bridgehead atoms. The lowest BCUT2D eigenvalue weighted by molar-refractivity contribution is -0.142. The van der Waals surface area contributed by atoms with Crippen molar-refractivity contribution in [2.45, 2.75) is 39.8 Å². The third-order valence-electron chi connectivity index (χ3n) is 4.16. The van der Waals surface area contributed by atoms with Crippen LogP contribution in [0.25, 0.3) is 6.08 Å². The molecule has 0 aliphatic rings. The first kappa shape index (κ1) is 22.3. The molecule has 0 fully saturated rings. The number of aryl methyl sites for hydroxylation is 1. The standard InChI is InChI=1S/C21H25N3O4S/c1-5-8-15-9-6-7-10-16(15)11-17(21(27)28-4)23-20(26)19-13(2)29-18(24-19)12-22-14(3)25/h5-10,17H,11-12H2,1-4H3,(H,22,25)(H,23,26)/b8-5+/t17-/m0/s1. The van der Waals surface area contributed by atoms with Gasteiger partial charge < -0.3 is 15.4 Å². The number of amides is 2. The minimum Gasteiger partial charge on any atom is -0.467 e. The minimum absolute atomic E-state index is 0.172. The predicted octanol–water partition coefficient (Wildman–Crippen LogP) is 2.63. The SMILES string of the molecule is C/C=C/c1ccccc1C[C@H](NC(=O)c1nc(CNC(C)=O)sc1C)C(=O)OC. The Hall–Kier alpha value is -3.00. The van der Waals surface area contributed by atoms with E-state index >= 15 is 0 Å². The molecule has 1 aromatic heterocycles. The lowest BCUT2D eigenvalue weighted by Gasteiger charge is -2.17. The number of hydrogen-bond acceptors (Lipinski definition) is 6. The quantitative estimate of drug-likeness (QED) is 0.646. The summed E-state index contributed by atoms with van der Waals surface area (Å²) >= 11 is 1.33. The van der Waals surface area contributed by atoms with E-state index in [0.29, 0.717) is 16.3 Å². The van der Waals surface area contributed by atoms with E-state index in [-0.39, 0.29) is 18.1 Å². The lowest BCUT2D eigenvalue weighted by Crippen LogP contribution is -2.43. The van der Waals surface area contributed by atoms with Crippen LogP contribution in [0.4, 0.5) is 0 Å². The van der Waals surface area contributed by atoms with E-state index in [4.69, 9.17) is 4.74 Å². The molecule has 0 spiro atoms. The first-order valence-corrected chi connectivity index (χ1v) is 9.97. The van der Waals surface area contributed by atoms with Crippen molar-refractivity contribution in [1.82, 2.24) is 15.6 Å². The zero-order valence-electron chi connectivity index (χ0n) is 16.9. The molecule has 0 aliphatic carbocycles. The molecule has 7 nitrogen and oxygen atoms in total. The van der Waals surface area contributed by atoms with Crippen molar-refractivity contribution < 1.29 is 19.1 Å². The van der Waals surface area contributed by atoms with Crippen LogP contribution >= 0.6 is 11.3 Å². The average Bonchev–Trinajstić information content (AvgIpc) is 3.07. The highest BCUT2D eigenvalue weighted by molar-refractivity contribution is 7.11. The van der Waals surface area contributed by atoms with Gasteiger partial charge in [-0.1, -0.05) is 36.4 Å². The monoisotopic (exact) mass is 415 g/mol. The number of carbonyl (C=O) groups excluding carboxylic acids is 3. The minimum atomic E-state index is -0.848. The fourth-order valence-electron chi connectivity index (χ4n) is 2.78. The number of aromatic nitrogens is 1. The van der Waals surface area contributed by atoms with E-state index in [1.807, 2.05) is 43.3 Å². The van der Waals surface area contributed by atoms with Gasteiger partial charge in [-0.2, -0.15) is 0 Å². The number of hydrogen-bond donors (Lipinski definition) is 2. The van der Waals surface area contributed by atoms with E-state index in [2.05, 4.69) is 15.6 Å². The van der Waals surface area contributed by atoms with Crippen molar-refractivity contribution in [2.75, 3.05) is 7.11 Å². The van der Waals surface area contributed by atoms with Gasteiger partial charge in [0.2, 0.25) is 5.91 Å². The van der Waals surface area contributed by atoms with Crippen molar-refractivity contribution in [1.29, 1.82) is 0 Å². The number of methoxy groups -OCH3 is 1. The molecule has 0 saturated heterocycles. The van der Waals surface area contributed by atoms with Crippen LogP contribution in [0, 0.1) is 6.92 Å². The lowest BCUT2D eigenvalue weighted by atomic mass is 9.99. The van der Waals surface area contributed by atoms with Gasteiger partial charge in [-0.3, -0.25) is 9.59 Å². The number of benzene rings is 1. The van der Waals surface area contributed by atoms with Gasteiger partial charge in [-0.05, 0) is 25.0 Å². The van der Waals surface area contributed by atoms with Crippen LogP contribution in [0.15, 0.2) is 30.3 Å². The predicted molar refractivity (Wildman–Crippen MR) is 112 cm³/mol. The second kappa shape index (κ2) is 10.5. The molecule has 0 saturated carbocycles. The maximum absolute atomic E-state index is 12.8. The van der Waals surface area contributed by atoms with Gasteiger partial charge in [-0.25, -0.2) is 9.78 Å². The highest BCUT2D eigenvalue weighted by atomic mass is 32.1. The molecule has 2 amide bonds. The Kier molecular flexibility index (Phi) is 8.09. The molecule has 0 unspecified atom stereocenters. The fourth-order valence-corrected chi connectivity index (χ4v) is 3.65. The van der Waals surface area contributed by atoms with Crippen LogP contribution < -0.4 is 10.6 Å². The molecule has 0 radical (unpaired) electrons. The maximum atomic E-state index is 12.8. The smallest absolute Gasteiger partial charge is 0.328 e. The number of ether oxygens (including phenoxy) is 1. The number of thiazole rings is 1. The first-order valence-electron chi connectivity index (χ1n) is 9.15. The van der Waals surface area contributed by atoms with Crippen molar-refractivity contribution >= 4 is 35.2 Å². The maximum Gasteiger partial charge on any atom is 0.328 e. The summed E-state index contributed by atoms with van der Waals surface area (Å²) in [6.45, 7) is 5.37. The Balaban J connectivity index is 2.20. The molecule has 29 heavy (non-hydrogen) atoms. The third kappa shape index (κ3) is 6.25. The summed E-state index contributed by atoms with van der Waals surface area (Å²) in [5.74, 6) is -1.15. The second-order valence-corrected chi connectivity index (χ2v) is 7.66. The van der Waals surface area contributed by atoms with Crippen molar-refractivity contribution in [3.05, 3.63) is 57.0 Å². The van der Waals surface area contributed by atoms with E-state index in [1.165, 1.54) is 25.4 Å². The third-order valence-corrected chi connectivity index (χ3v) is 5.13. The molecule has 2 aromatic rings. The van der Waals surface area contributed by atoms with Crippen LogP contribution in [-0.2, 0) is 27.3 Å². The number of nitrogens with zero attached hydrogens (tertiary/aromatic N) is 1. The topological polar surface area (TPSA) is 97.4 Å². The summed E-state index contributed by atoms with van der Waals surface area (Å²) in [6, 6.07) is 6.82. The number of rotatable bonds is 8. The molecule has 2 N–H and O–H groups in total. The molecule has 0 aliphatic heterocycles. The molecular formula is C21H25N3O4S.